The van der Waals surface area contributed by atoms with Gasteiger partial charge in [0.1, 0.15) is 24.6 Å². The molecule has 0 aliphatic heterocycles. The van der Waals surface area contributed by atoms with Gasteiger partial charge in [-0.15, -0.1) is 0 Å². The Morgan fingerprint density at radius 1 is 1.12 bits per heavy atom. The van der Waals surface area contributed by atoms with Gasteiger partial charge in [0.15, 0.2) is 0 Å². The van der Waals surface area contributed by atoms with Gasteiger partial charge in [-0.25, -0.2) is 9.78 Å². The molecule has 1 amide bonds. The fraction of sp³-hybridized carbons (Fsp3) is 0.222. The lowest BCUT2D eigenvalue weighted by molar-refractivity contribution is 0.0139. The smallest absolute Gasteiger partial charge is 0.407 e. The molecule has 0 saturated heterocycles. The van der Waals surface area contributed by atoms with E-state index in [4.69, 9.17) is 4.74 Å². The SMILES string of the molecule is O=C(NCC(O)C(O)c1nc2ccccc2[nH]1)OCc1ccccc1. The van der Waals surface area contributed by atoms with Gasteiger partial charge in [-0.1, -0.05) is 42.5 Å². The van der Waals surface area contributed by atoms with Gasteiger partial charge in [0.2, 0.25) is 0 Å². The van der Waals surface area contributed by atoms with Crippen molar-refractivity contribution >= 4 is 17.1 Å². The van der Waals surface area contributed by atoms with E-state index in [0.717, 1.165) is 11.1 Å². The van der Waals surface area contributed by atoms with Crippen molar-refractivity contribution in [1.29, 1.82) is 0 Å². The topological polar surface area (TPSA) is 107 Å². The zero-order valence-corrected chi connectivity index (χ0v) is 13.4. The van der Waals surface area contributed by atoms with Crippen LogP contribution in [0, 0.1) is 0 Å². The zero-order chi connectivity index (χ0) is 17.6. The zero-order valence-electron chi connectivity index (χ0n) is 13.4. The van der Waals surface area contributed by atoms with Gasteiger partial charge in [-0.3, -0.25) is 0 Å². The molecule has 0 spiro atoms. The fourth-order valence-electron chi connectivity index (χ4n) is 2.37. The number of aliphatic hydroxyl groups is 2. The van der Waals surface area contributed by atoms with E-state index in [1.165, 1.54) is 0 Å². The van der Waals surface area contributed by atoms with Crippen LogP contribution < -0.4 is 5.32 Å². The van der Waals surface area contributed by atoms with E-state index >= 15 is 0 Å². The van der Waals surface area contributed by atoms with Crippen molar-refractivity contribution in [2.75, 3.05) is 6.54 Å². The molecule has 4 N–H and O–H groups in total. The number of imidazole rings is 1. The molecule has 0 aliphatic rings. The third-order valence-electron chi connectivity index (χ3n) is 3.72. The molecule has 0 saturated carbocycles. The second-order valence-corrected chi connectivity index (χ2v) is 5.59. The molecule has 0 radical (unpaired) electrons. The van der Waals surface area contributed by atoms with E-state index in [1.54, 1.807) is 6.07 Å². The van der Waals surface area contributed by atoms with Gasteiger partial charge in [-0.05, 0) is 17.7 Å². The molecule has 3 rings (SSSR count). The minimum Gasteiger partial charge on any atom is -0.445 e. The molecular formula is C18H19N3O4. The molecule has 0 aliphatic carbocycles. The Bertz CT molecular complexity index is 801. The molecule has 130 valence electrons. The Morgan fingerprint density at radius 3 is 2.60 bits per heavy atom. The normalized spacial score (nSPS) is 13.4. The van der Waals surface area contributed by atoms with Gasteiger partial charge in [0.25, 0.3) is 0 Å². The Hall–Kier alpha value is -2.90. The number of ether oxygens (including phenoxy) is 1. The molecule has 1 heterocycles. The number of alkyl carbamates (subject to hydrolysis) is 1. The first-order chi connectivity index (χ1) is 12.1. The van der Waals surface area contributed by atoms with Crippen molar-refractivity contribution < 1.29 is 19.7 Å². The Labute approximate surface area is 144 Å². The van der Waals surface area contributed by atoms with Crippen molar-refractivity contribution in [3.63, 3.8) is 0 Å². The molecule has 7 heteroatoms. The number of benzene rings is 2. The van der Waals surface area contributed by atoms with Crippen molar-refractivity contribution in [2.45, 2.75) is 18.8 Å². The quantitative estimate of drug-likeness (QED) is 0.548. The van der Waals surface area contributed by atoms with Gasteiger partial charge >= 0.3 is 6.09 Å². The number of carbonyl (C=O) groups excluding carboxylic acids is 1. The van der Waals surface area contributed by atoms with Gasteiger partial charge in [0.05, 0.1) is 11.0 Å². The van der Waals surface area contributed by atoms with Gasteiger partial charge < -0.3 is 25.3 Å². The Morgan fingerprint density at radius 2 is 1.84 bits per heavy atom. The molecule has 2 atom stereocenters. The number of nitrogens with zero attached hydrogens (tertiary/aromatic N) is 1. The predicted molar refractivity (Wildman–Crippen MR) is 91.7 cm³/mol. The fourth-order valence-corrected chi connectivity index (χ4v) is 2.37. The summed E-state index contributed by atoms with van der Waals surface area (Å²) in [6.07, 6.45) is -3.13. The summed E-state index contributed by atoms with van der Waals surface area (Å²) in [4.78, 5) is 18.8. The molecule has 1 aromatic heterocycles. The lowest BCUT2D eigenvalue weighted by atomic mass is 10.2. The van der Waals surface area contributed by atoms with E-state index in [9.17, 15) is 15.0 Å². The maximum atomic E-state index is 11.7. The van der Waals surface area contributed by atoms with Crippen LogP contribution in [0.15, 0.2) is 54.6 Å². The predicted octanol–water partition coefficient (Wildman–Crippen LogP) is 1.88. The summed E-state index contributed by atoms with van der Waals surface area (Å²) in [6, 6.07) is 16.6. The maximum absolute atomic E-state index is 11.7. The Kier molecular flexibility index (Phi) is 5.27. The highest BCUT2D eigenvalue weighted by molar-refractivity contribution is 5.74. The third kappa shape index (κ3) is 4.34. The molecule has 0 bridgehead atoms. The highest BCUT2D eigenvalue weighted by atomic mass is 16.5. The van der Waals surface area contributed by atoms with Crippen molar-refractivity contribution in [3.05, 3.63) is 66.0 Å². The monoisotopic (exact) mass is 341 g/mol. The largest absolute Gasteiger partial charge is 0.445 e. The number of aliphatic hydroxyl groups excluding tert-OH is 2. The number of aromatic amines is 1. The summed E-state index contributed by atoms with van der Waals surface area (Å²) in [6.45, 7) is -0.0271. The van der Waals surface area contributed by atoms with E-state index < -0.39 is 18.3 Å². The van der Waals surface area contributed by atoms with Crippen molar-refractivity contribution in [3.8, 4) is 0 Å². The van der Waals surface area contributed by atoms with Crippen LogP contribution in [0.5, 0.6) is 0 Å². The lowest BCUT2D eigenvalue weighted by Crippen LogP contribution is -2.36. The highest BCUT2D eigenvalue weighted by Crippen LogP contribution is 2.18. The second kappa shape index (κ2) is 7.78. The number of hydrogen-bond acceptors (Lipinski definition) is 5. The Balaban J connectivity index is 1.49. The van der Waals surface area contributed by atoms with Crippen molar-refractivity contribution in [1.82, 2.24) is 15.3 Å². The van der Waals surface area contributed by atoms with Gasteiger partial charge in [-0.2, -0.15) is 0 Å². The van der Waals surface area contributed by atoms with Crippen molar-refractivity contribution in [2.24, 2.45) is 0 Å². The number of fused-ring (bicyclic) bond motifs is 1. The third-order valence-corrected chi connectivity index (χ3v) is 3.72. The lowest BCUT2D eigenvalue weighted by Gasteiger charge is -2.16. The second-order valence-electron chi connectivity index (χ2n) is 5.59. The molecule has 0 fully saturated rings. The number of para-hydroxylation sites is 2. The number of hydrogen-bond donors (Lipinski definition) is 4. The van der Waals surface area contributed by atoms with Crippen LogP contribution in [0.1, 0.15) is 17.5 Å². The maximum Gasteiger partial charge on any atom is 0.407 e. The average molecular weight is 341 g/mol. The van der Waals surface area contributed by atoms with Crippen LogP contribution >= 0.6 is 0 Å². The first-order valence-corrected chi connectivity index (χ1v) is 7.89. The summed E-state index contributed by atoms with van der Waals surface area (Å²) in [5.74, 6) is 0.244. The van der Waals surface area contributed by atoms with E-state index in [2.05, 4.69) is 15.3 Å². The summed E-state index contributed by atoms with van der Waals surface area (Å²) in [5.41, 5.74) is 2.32. The number of aromatic nitrogens is 2. The van der Waals surface area contributed by atoms with E-state index in [-0.39, 0.29) is 19.0 Å². The van der Waals surface area contributed by atoms with Crippen LogP contribution in [-0.2, 0) is 11.3 Å². The van der Waals surface area contributed by atoms with Crippen LogP contribution in [0.25, 0.3) is 11.0 Å². The number of rotatable bonds is 6. The minimum atomic E-state index is -1.25. The standard InChI is InChI=1S/C18H19N3O4/c22-15(10-19-18(24)25-11-12-6-2-1-3-7-12)16(23)17-20-13-8-4-5-9-14(13)21-17/h1-9,15-16,22-23H,10-11H2,(H,19,24)(H,20,21). The number of carbonyl (C=O) groups is 1. The summed E-state index contributed by atoms with van der Waals surface area (Å²) in [7, 11) is 0. The average Bonchev–Trinajstić information content (AvgIpc) is 3.08. The molecule has 7 nitrogen and oxygen atoms in total. The summed E-state index contributed by atoms with van der Waals surface area (Å²) in [5, 5.41) is 22.6. The minimum absolute atomic E-state index is 0.134. The molecule has 2 unspecified atom stereocenters. The summed E-state index contributed by atoms with van der Waals surface area (Å²) >= 11 is 0. The molecule has 2 aromatic carbocycles. The summed E-state index contributed by atoms with van der Waals surface area (Å²) < 4.78 is 5.05. The van der Waals surface area contributed by atoms with Gasteiger partial charge in [0, 0.05) is 6.54 Å². The first kappa shape index (κ1) is 16.9. The van der Waals surface area contributed by atoms with Crippen LogP contribution in [-0.4, -0.2) is 38.9 Å². The first-order valence-electron chi connectivity index (χ1n) is 7.89. The molecule has 25 heavy (non-hydrogen) atoms. The van der Waals surface area contributed by atoms with Crippen LogP contribution in [0.4, 0.5) is 4.79 Å². The van der Waals surface area contributed by atoms with E-state index in [1.807, 2.05) is 48.5 Å². The van der Waals surface area contributed by atoms with Crippen LogP contribution in [0.2, 0.25) is 0 Å². The highest BCUT2D eigenvalue weighted by Gasteiger charge is 2.22. The number of H-pyrrole nitrogens is 1. The number of nitrogens with one attached hydrogen (secondary N) is 2. The molecular weight excluding hydrogens is 322 g/mol. The van der Waals surface area contributed by atoms with Crippen LogP contribution in [0.3, 0.4) is 0 Å². The number of amides is 1. The van der Waals surface area contributed by atoms with E-state index in [0.29, 0.717) is 5.52 Å². The molecule has 3 aromatic rings.